The van der Waals surface area contributed by atoms with Crippen LogP contribution in [-0.2, 0) is 5.41 Å². The molecule has 0 aliphatic heterocycles. The monoisotopic (exact) mass is 329 g/mol. The summed E-state index contributed by atoms with van der Waals surface area (Å²) in [5.74, 6) is 1.46. The van der Waals surface area contributed by atoms with Crippen LogP contribution in [0, 0.1) is 4.77 Å². The van der Waals surface area contributed by atoms with E-state index >= 15 is 0 Å². The fourth-order valence-electron chi connectivity index (χ4n) is 2.26. The van der Waals surface area contributed by atoms with Crippen molar-refractivity contribution in [3.05, 3.63) is 40.8 Å². The molecule has 0 unspecified atom stereocenters. The predicted octanol–water partition coefficient (Wildman–Crippen LogP) is 3.63. The van der Waals surface area contributed by atoms with Gasteiger partial charge in [0.2, 0.25) is 0 Å². The molecule has 2 N–H and O–H groups in total. The van der Waals surface area contributed by atoms with Gasteiger partial charge in [0, 0.05) is 11.1 Å². The molecule has 0 aliphatic rings. The lowest BCUT2D eigenvalue weighted by Crippen LogP contribution is -2.11. The molecule has 120 valence electrons. The summed E-state index contributed by atoms with van der Waals surface area (Å²) in [7, 11) is 1.64. The second-order valence-corrected chi connectivity index (χ2v) is 6.69. The van der Waals surface area contributed by atoms with Crippen LogP contribution in [-0.4, -0.2) is 32.1 Å². The number of methoxy groups -OCH3 is 1. The van der Waals surface area contributed by atoms with Crippen molar-refractivity contribution >= 4 is 12.2 Å². The summed E-state index contributed by atoms with van der Waals surface area (Å²) in [6.45, 7) is 6.39. The number of aromatic nitrogens is 5. The largest absolute Gasteiger partial charge is 0.497 e. The van der Waals surface area contributed by atoms with E-state index in [4.69, 9.17) is 17.0 Å². The van der Waals surface area contributed by atoms with Gasteiger partial charge >= 0.3 is 0 Å². The first-order chi connectivity index (χ1) is 10.9. The van der Waals surface area contributed by atoms with Gasteiger partial charge in [0.05, 0.1) is 12.8 Å². The van der Waals surface area contributed by atoms with Crippen LogP contribution >= 0.6 is 12.2 Å². The van der Waals surface area contributed by atoms with Gasteiger partial charge in [-0.25, -0.2) is 0 Å². The van der Waals surface area contributed by atoms with Gasteiger partial charge in [0.15, 0.2) is 10.6 Å². The minimum Gasteiger partial charge on any atom is -0.497 e. The van der Waals surface area contributed by atoms with Gasteiger partial charge in [-0.15, -0.1) is 0 Å². The number of nitrogens with one attached hydrogen (secondary N) is 2. The van der Waals surface area contributed by atoms with Crippen LogP contribution in [0.1, 0.15) is 26.5 Å². The smallest absolute Gasteiger partial charge is 0.200 e. The maximum Gasteiger partial charge on any atom is 0.200 e. The molecule has 0 fully saturated rings. The van der Waals surface area contributed by atoms with Crippen LogP contribution in [0.5, 0.6) is 5.75 Å². The molecule has 0 atom stereocenters. The molecular formula is C16H19N5OS. The normalized spacial score (nSPS) is 11.7. The van der Waals surface area contributed by atoms with E-state index in [9.17, 15) is 0 Å². The molecule has 6 nitrogen and oxygen atoms in total. The number of hydrogen-bond acceptors (Lipinski definition) is 4. The highest BCUT2D eigenvalue weighted by Crippen LogP contribution is 2.26. The minimum atomic E-state index is -0.0106. The molecule has 3 aromatic rings. The molecule has 0 saturated heterocycles. The van der Waals surface area contributed by atoms with Crippen molar-refractivity contribution in [2.24, 2.45) is 0 Å². The van der Waals surface area contributed by atoms with E-state index in [0.717, 1.165) is 22.8 Å². The zero-order chi connectivity index (χ0) is 16.6. The third-order valence-electron chi connectivity index (χ3n) is 3.62. The number of rotatable bonds is 3. The Hall–Kier alpha value is -2.41. The summed E-state index contributed by atoms with van der Waals surface area (Å²) in [6.07, 6.45) is 0. The second kappa shape index (κ2) is 5.66. The average Bonchev–Trinajstić information content (AvgIpc) is 3.13. The third kappa shape index (κ3) is 2.92. The summed E-state index contributed by atoms with van der Waals surface area (Å²) in [5, 5.41) is 14.6. The molecule has 0 aliphatic carbocycles. The highest BCUT2D eigenvalue weighted by molar-refractivity contribution is 7.71. The summed E-state index contributed by atoms with van der Waals surface area (Å²) >= 11 is 5.37. The number of H-pyrrole nitrogens is 2. The average molecular weight is 329 g/mol. The fourth-order valence-corrected chi connectivity index (χ4v) is 2.50. The number of benzene rings is 1. The van der Waals surface area contributed by atoms with Crippen LogP contribution in [0.4, 0.5) is 0 Å². The van der Waals surface area contributed by atoms with Crippen molar-refractivity contribution in [1.82, 2.24) is 25.0 Å². The van der Waals surface area contributed by atoms with Crippen molar-refractivity contribution < 1.29 is 4.74 Å². The van der Waals surface area contributed by atoms with Crippen LogP contribution in [0.15, 0.2) is 30.3 Å². The van der Waals surface area contributed by atoms with Gasteiger partial charge in [-0.05, 0) is 42.5 Å². The van der Waals surface area contributed by atoms with E-state index in [1.807, 2.05) is 34.9 Å². The summed E-state index contributed by atoms with van der Waals surface area (Å²) in [5.41, 5.74) is 2.68. The first kappa shape index (κ1) is 15.5. The minimum absolute atomic E-state index is 0.0106. The Morgan fingerprint density at radius 1 is 1.09 bits per heavy atom. The highest BCUT2D eigenvalue weighted by atomic mass is 32.1. The van der Waals surface area contributed by atoms with Crippen molar-refractivity contribution in [2.45, 2.75) is 26.2 Å². The first-order valence-electron chi connectivity index (χ1n) is 7.28. The van der Waals surface area contributed by atoms with E-state index in [-0.39, 0.29) is 5.41 Å². The second-order valence-electron chi connectivity index (χ2n) is 6.30. The molecule has 1 aromatic carbocycles. The molecule has 23 heavy (non-hydrogen) atoms. The van der Waals surface area contributed by atoms with Gasteiger partial charge in [-0.2, -0.15) is 10.2 Å². The number of aromatic amines is 2. The zero-order valence-electron chi connectivity index (χ0n) is 13.5. The molecule has 0 bridgehead atoms. The molecule has 0 radical (unpaired) electrons. The summed E-state index contributed by atoms with van der Waals surface area (Å²) in [4.78, 5) is 0. The van der Waals surface area contributed by atoms with E-state index < -0.39 is 0 Å². The zero-order valence-corrected chi connectivity index (χ0v) is 14.4. The molecule has 3 rings (SSSR count). The predicted molar refractivity (Wildman–Crippen MR) is 91.6 cm³/mol. The lowest BCUT2D eigenvalue weighted by Gasteiger charge is -2.14. The maximum absolute atomic E-state index is 5.37. The lowest BCUT2D eigenvalue weighted by atomic mass is 9.92. The number of ether oxygens (including phenoxy) is 1. The Bertz CT molecular complexity index is 867. The summed E-state index contributed by atoms with van der Waals surface area (Å²) < 4.78 is 7.57. The molecule has 2 aromatic heterocycles. The van der Waals surface area contributed by atoms with Gasteiger partial charge in [-0.1, -0.05) is 20.8 Å². The topological polar surface area (TPSA) is 71.5 Å². The van der Waals surface area contributed by atoms with Crippen molar-refractivity contribution in [3.8, 4) is 23.0 Å². The highest BCUT2D eigenvalue weighted by Gasteiger charge is 2.20. The lowest BCUT2D eigenvalue weighted by molar-refractivity contribution is 0.414. The third-order valence-corrected chi connectivity index (χ3v) is 3.89. The van der Waals surface area contributed by atoms with Crippen molar-refractivity contribution in [1.29, 1.82) is 0 Å². The molecular weight excluding hydrogens is 310 g/mol. The molecule has 7 heteroatoms. The molecule has 2 heterocycles. The fraction of sp³-hybridized carbons (Fsp3) is 0.312. The number of hydrogen-bond donors (Lipinski definition) is 2. The SMILES string of the molecule is COc1ccc(-n2c(-c3cc(C(C)(C)C)[nH]n3)n[nH]c2=S)cc1. The molecule has 0 amide bonds. The van der Waals surface area contributed by atoms with Gasteiger partial charge in [0.1, 0.15) is 11.4 Å². The Labute approximate surface area is 139 Å². The van der Waals surface area contributed by atoms with Gasteiger partial charge in [0.25, 0.3) is 0 Å². The van der Waals surface area contributed by atoms with Crippen LogP contribution < -0.4 is 4.74 Å². The first-order valence-corrected chi connectivity index (χ1v) is 7.69. The Balaban J connectivity index is 2.08. The Morgan fingerprint density at radius 2 is 1.78 bits per heavy atom. The number of nitrogens with zero attached hydrogens (tertiary/aromatic N) is 3. The van der Waals surface area contributed by atoms with E-state index in [0.29, 0.717) is 10.6 Å². The van der Waals surface area contributed by atoms with E-state index in [1.54, 1.807) is 7.11 Å². The van der Waals surface area contributed by atoms with Gasteiger partial charge in [-0.3, -0.25) is 14.8 Å². The van der Waals surface area contributed by atoms with E-state index in [2.05, 4.69) is 41.2 Å². The van der Waals surface area contributed by atoms with Crippen molar-refractivity contribution in [3.63, 3.8) is 0 Å². The summed E-state index contributed by atoms with van der Waals surface area (Å²) in [6, 6.07) is 9.65. The molecule has 0 spiro atoms. The Morgan fingerprint density at radius 3 is 2.35 bits per heavy atom. The Kier molecular flexibility index (Phi) is 3.81. The van der Waals surface area contributed by atoms with Crippen LogP contribution in [0.2, 0.25) is 0 Å². The maximum atomic E-state index is 5.37. The van der Waals surface area contributed by atoms with Crippen molar-refractivity contribution in [2.75, 3.05) is 7.11 Å². The van der Waals surface area contributed by atoms with Crippen LogP contribution in [0.25, 0.3) is 17.2 Å². The standard InChI is InChI=1S/C16H19N5OS/c1-16(2,3)13-9-12(17-18-13)14-19-20-15(23)21(14)10-5-7-11(22-4)8-6-10/h5-9H,1-4H3,(H,17,18)(H,20,23). The van der Waals surface area contributed by atoms with Crippen LogP contribution in [0.3, 0.4) is 0 Å². The van der Waals surface area contributed by atoms with E-state index in [1.165, 1.54) is 0 Å². The van der Waals surface area contributed by atoms with Gasteiger partial charge < -0.3 is 4.74 Å². The quantitative estimate of drug-likeness (QED) is 0.720. The molecule has 0 saturated carbocycles.